The number of hydrogen-bond acceptors (Lipinski definition) is 4. The van der Waals surface area contributed by atoms with Crippen molar-refractivity contribution in [2.75, 3.05) is 5.43 Å². The minimum atomic E-state index is -0.232. The Balaban J connectivity index is 2.46. The van der Waals surface area contributed by atoms with Gasteiger partial charge in [0.1, 0.15) is 11.6 Å². The summed E-state index contributed by atoms with van der Waals surface area (Å²) in [6.07, 6.45) is 0.838. The number of nitrogens with one attached hydrogen (secondary N) is 1. The predicted octanol–water partition coefficient (Wildman–Crippen LogP) is 3.08. The first-order chi connectivity index (χ1) is 9.49. The number of anilines is 1. The van der Waals surface area contributed by atoms with Gasteiger partial charge in [-0.2, -0.15) is 0 Å². The number of hydrazine groups is 1. The van der Waals surface area contributed by atoms with Crippen molar-refractivity contribution >= 4 is 5.82 Å². The van der Waals surface area contributed by atoms with E-state index in [1.54, 1.807) is 19.1 Å². The van der Waals surface area contributed by atoms with Gasteiger partial charge in [0.05, 0.1) is 0 Å². The maximum atomic E-state index is 13.3. The monoisotopic (exact) mass is 274 g/mol. The van der Waals surface area contributed by atoms with E-state index in [0.717, 1.165) is 17.7 Å². The van der Waals surface area contributed by atoms with Crippen LogP contribution in [-0.2, 0) is 6.42 Å². The molecule has 0 atom stereocenters. The second kappa shape index (κ2) is 5.96. The molecule has 0 bridgehead atoms. The minimum Gasteiger partial charge on any atom is -0.308 e. The van der Waals surface area contributed by atoms with Crippen molar-refractivity contribution in [2.24, 2.45) is 11.8 Å². The highest BCUT2D eigenvalue weighted by atomic mass is 19.1. The molecule has 0 saturated carbocycles. The quantitative estimate of drug-likeness (QED) is 0.664. The summed E-state index contributed by atoms with van der Waals surface area (Å²) in [5.41, 5.74) is 4.82. The van der Waals surface area contributed by atoms with E-state index < -0.39 is 0 Å². The van der Waals surface area contributed by atoms with Crippen LogP contribution in [0.2, 0.25) is 0 Å². The number of nitrogens with zero attached hydrogens (tertiary/aromatic N) is 2. The largest absolute Gasteiger partial charge is 0.308 e. The Bertz CT molecular complexity index is 611. The van der Waals surface area contributed by atoms with Crippen LogP contribution in [0, 0.1) is 18.7 Å². The lowest BCUT2D eigenvalue weighted by molar-refractivity contribution is 0.618. The van der Waals surface area contributed by atoms with Gasteiger partial charge < -0.3 is 5.43 Å². The molecular weight excluding hydrogens is 255 g/mol. The van der Waals surface area contributed by atoms with Crippen LogP contribution in [-0.4, -0.2) is 9.97 Å². The van der Waals surface area contributed by atoms with Crippen molar-refractivity contribution < 1.29 is 4.39 Å². The molecule has 2 aromatic rings. The molecule has 0 amide bonds. The molecule has 0 fully saturated rings. The summed E-state index contributed by atoms with van der Waals surface area (Å²) in [4.78, 5) is 8.86. The molecule has 2 rings (SSSR count). The smallest absolute Gasteiger partial charge is 0.161 e. The molecule has 3 N–H and O–H groups in total. The summed E-state index contributed by atoms with van der Waals surface area (Å²) in [5, 5.41) is 0. The van der Waals surface area contributed by atoms with Crippen LogP contribution in [0.5, 0.6) is 0 Å². The van der Waals surface area contributed by atoms with E-state index >= 15 is 0 Å². The molecule has 0 unspecified atom stereocenters. The number of aromatic nitrogens is 2. The molecule has 4 nitrogen and oxygen atoms in total. The second-order valence-corrected chi connectivity index (χ2v) is 5.27. The highest BCUT2D eigenvalue weighted by Gasteiger charge is 2.09. The van der Waals surface area contributed by atoms with Crippen LogP contribution >= 0.6 is 0 Å². The summed E-state index contributed by atoms with van der Waals surface area (Å²) >= 11 is 0. The Morgan fingerprint density at radius 2 is 2.00 bits per heavy atom. The van der Waals surface area contributed by atoms with E-state index in [1.807, 2.05) is 6.07 Å². The van der Waals surface area contributed by atoms with Gasteiger partial charge >= 0.3 is 0 Å². The highest BCUT2D eigenvalue weighted by Crippen LogP contribution is 2.21. The summed E-state index contributed by atoms with van der Waals surface area (Å²) in [6, 6.07) is 6.68. The zero-order chi connectivity index (χ0) is 14.7. The number of hydrogen-bond donors (Lipinski definition) is 2. The van der Waals surface area contributed by atoms with Gasteiger partial charge in [-0.25, -0.2) is 20.2 Å². The van der Waals surface area contributed by atoms with Gasteiger partial charge in [-0.15, -0.1) is 0 Å². The summed E-state index contributed by atoms with van der Waals surface area (Å²) in [5.74, 6) is 6.82. The average molecular weight is 274 g/mol. The van der Waals surface area contributed by atoms with E-state index in [0.29, 0.717) is 23.1 Å². The Hall–Kier alpha value is -2.01. The fraction of sp³-hybridized carbons (Fsp3) is 0.333. The molecule has 1 aromatic heterocycles. The zero-order valence-electron chi connectivity index (χ0n) is 11.9. The Labute approximate surface area is 118 Å². The number of rotatable bonds is 4. The third-order valence-corrected chi connectivity index (χ3v) is 2.96. The highest BCUT2D eigenvalue weighted by molar-refractivity contribution is 5.58. The van der Waals surface area contributed by atoms with Crippen molar-refractivity contribution in [3.05, 3.63) is 41.3 Å². The molecular formula is C15H19FN4. The lowest BCUT2D eigenvalue weighted by Crippen LogP contribution is -2.11. The molecule has 20 heavy (non-hydrogen) atoms. The van der Waals surface area contributed by atoms with Gasteiger partial charge in [0.2, 0.25) is 0 Å². The van der Waals surface area contributed by atoms with E-state index in [2.05, 4.69) is 29.2 Å². The normalized spacial score (nSPS) is 10.9. The molecule has 0 spiro atoms. The fourth-order valence-corrected chi connectivity index (χ4v) is 2.01. The number of nitrogens with two attached hydrogens (primary N) is 1. The molecule has 0 radical (unpaired) electrons. The molecule has 1 aromatic carbocycles. The molecule has 0 aliphatic heterocycles. The topological polar surface area (TPSA) is 63.8 Å². The lowest BCUT2D eigenvalue weighted by atomic mass is 10.1. The molecule has 0 saturated heterocycles. The maximum absolute atomic E-state index is 13.3. The summed E-state index contributed by atoms with van der Waals surface area (Å²) in [7, 11) is 0. The molecule has 5 heteroatoms. The van der Waals surface area contributed by atoms with E-state index in [1.165, 1.54) is 6.07 Å². The van der Waals surface area contributed by atoms with Gasteiger partial charge in [0.15, 0.2) is 5.82 Å². The van der Waals surface area contributed by atoms with Crippen LogP contribution in [0.4, 0.5) is 10.2 Å². The molecule has 106 valence electrons. The van der Waals surface area contributed by atoms with E-state index in [4.69, 9.17) is 5.84 Å². The minimum absolute atomic E-state index is 0.232. The first kappa shape index (κ1) is 14.4. The number of halogens is 1. The lowest BCUT2D eigenvalue weighted by Gasteiger charge is -2.10. The predicted molar refractivity (Wildman–Crippen MR) is 78.5 cm³/mol. The van der Waals surface area contributed by atoms with Gasteiger partial charge in [-0.1, -0.05) is 13.8 Å². The van der Waals surface area contributed by atoms with E-state index in [9.17, 15) is 4.39 Å². The first-order valence-corrected chi connectivity index (χ1v) is 6.60. The van der Waals surface area contributed by atoms with Crippen LogP contribution < -0.4 is 11.3 Å². The Kier molecular flexibility index (Phi) is 4.29. The molecule has 0 aliphatic rings. The Morgan fingerprint density at radius 3 is 2.60 bits per heavy atom. The van der Waals surface area contributed by atoms with Crippen molar-refractivity contribution in [2.45, 2.75) is 27.2 Å². The third kappa shape index (κ3) is 3.30. The number of benzene rings is 1. The number of nitrogen functional groups attached to an aromatic ring is 1. The fourth-order valence-electron chi connectivity index (χ4n) is 2.01. The van der Waals surface area contributed by atoms with Gasteiger partial charge in [-0.3, -0.25) is 0 Å². The maximum Gasteiger partial charge on any atom is 0.161 e. The van der Waals surface area contributed by atoms with Crippen LogP contribution in [0.25, 0.3) is 11.4 Å². The summed E-state index contributed by atoms with van der Waals surface area (Å²) in [6.45, 7) is 5.97. The van der Waals surface area contributed by atoms with Crippen LogP contribution in [0.1, 0.15) is 25.1 Å². The second-order valence-electron chi connectivity index (χ2n) is 5.27. The third-order valence-electron chi connectivity index (χ3n) is 2.96. The van der Waals surface area contributed by atoms with Crippen molar-refractivity contribution in [1.82, 2.24) is 9.97 Å². The summed E-state index contributed by atoms with van der Waals surface area (Å²) < 4.78 is 13.3. The van der Waals surface area contributed by atoms with Gasteiger partial charge in [-0.05, 0) is 43.0 Å². The van der Waals surface area contributed by atoms with Crippen molar-refractivity contribution in [1.29, 1.82) is 0 Å². The molecule has 1 heterocycles. The van der Waals surface area contributed by atoms with Crippen molar-refractivity contribution in [3.8, 4) is 11.4 Å². The van der Waals surface area contributed by atoms with Gasteiger partial charge in [0.25, 0.3) is 0 Å². The van der Waals surface area contributed by atoms with Crippen molar-refractivity contribution in [3.63, 3.8) is 0 Å². The van der Waals surface area contributed by atoms with E-state index in [-0.39, 0.29) is 5.82 Å². The van der Waals surface area contributed by atoms with Gasteiger partial charge in [0, 0.05) is 17.3 Å². The average Bonchev–Trinajstić information content (AvgIpc) is 2.40. The first-order valence-electron chi connectivity index (χ1n) is 6.60. The van der Waals surface area contributed by atoms with Crippen LogP contribution in [0.15, 0.2) is 24.3 Å². The molecule has 0 aliphatic carbocycles. The standard InChI is InChI=1S/C15H19FN4/c1-9(2)6-12-8-14(20-17)19-15(18-12)11-4-5-13(16)10(3)7-11/h4-5,7-9H,6,17H2,1-3H3,(H,18,19,20). The SMILES string of the molecule is Cc1cc(-c2nc(CC(C)C)cc(NN)n2)ccc1F. The number of aryl methyl sites for hydroxylation is 1. The Morgan fingerprint density at radius 1 is 1.25 bits per heavy atom. The zero-order valence-corrected chi connectivity index (χ0v) is 11.9. The van der Waals surface area contributed by atoms with Crippen LogP contribution in [0.3, 0.4) is 0 Å².